The molecule has 3 heteroatoms. The van der Waals surface area contributed by atoms with Gasteiger partial charge >= 0.3 is 5.97 Å². The number of nitrogens with zero attached hydrogens (tertiary/aromatic N) is 1. The summed E-state index contributed by atoms with van der Waals surface area (Å²) < 4.78 is 0. The Labute approximate surface area is 137 Å². The van der Waals surface area contributed by atoms with Crippen LogP contribution in [0.15, 0.2) is 54.6 Å². The van der Waals surface area contributed by atoms with Crippen LogP contribution in [0.4, 0.5) is 0 Å². The fourth-order valence-electron chi connectivity index (χ4n) is 3.56. The van der Waals surface area contributed by atoms with E-state index < -0.39 is 5.97 Å². The molecule has 2 unspecified atom stereocenters. The molecule has 0 aromatic heterocycles. The predicted molar refractivity (Wildman–Crippen MR) is 91.4 cm³/mol. The lowest BCUT2D eigenvalue weighted by molar-refractivity contribution is -0.143. The monoisotopic (exact) mass is 309 g/mol. The molecular formula is C20H23NO2. The van der Waals surface area contributed by atoms with Crippen molar-refractivity contribution >= 4 is 5.97 Å². The Kier molecular flexibility index (Phi) is 4.77. The number of likely N-dealkylation sites (tertiary alicyclic amines) is 1. The summed E-state index contributed by atoms with van der Waals surface area (Å²) in [5.41, 5.74) is 3.75. The van der Waals surface area contributed by atoms with E-state index in [0.29, 0.717) is 6.54 Å². The van der Waals surface area contributed by atoms with Gasteiger partial charge in [0.25, 0.3) is 0 Å². The van der Waals surface area contributed by atoms with E-state index in [-0.39, 0.29) is 12.0 Å². The zero-order valence-electron chi connectivity index (χ0n) is 13.5. The summed E-state index contributed by atoms with van der Waals surface area (Å²) in [5.74, 6) is -0.940. The van der Waals surface area contributed by atoms with Gasteiger partial charge in [0, 0.05) is 6.54 Å². The van der Waals surface area contributed by atoms with Crippen LogP contribution in [0.5, 0.6) is 0 Å². The molecule has 0 aliphatic carbocycles. The summed E-state index contributed by atoms with van der Waals surface area (Å²) in [6, 6.07) is 18.9. The summed E-state index contributed by atoms with van der Waals surface area (Å²) in [6.45, 7) is 3.69. The number of hydrogen-bond acceptors (Lipinski definition) is 2. The highest BCUT2D eigenvalue weighted by Crippen LogP contribution is 2.34. The average molecular weight is 309 g/mol. The van der Waals surface area contributed by atoms with Crippen molar-refractivity contribution in [1.29, 1.82) is 0 Å². The Hall–Kier alpha value is -2.13. The van der Waals surface area contributed by atoms with Gasteiger partial charge in [-0.1, -0.05) is 54.6 Å². The van der Waals surface area contributed by atoms with Gasteiger partial charge in [-0.15, -0.1) is 0 Å². The lowest BCUT2D eigenvalue weighted by Gasteiger charge is -2.38. The molecule has 0 bridgehead atoms. The van der Waals surface area contributed by atoms with Crippen LogP contribution in [0.3, 0.4) is 0 Å². The number of piperidine rings is 1. The van der Waals surface area contributed by atoms with Crippen LogP contribution >= 0.6 is 0 Å². The van der Waals surface area contributed by atoms with Crippen molar-refractivity contribution < 1.29 is 9.90 Å². The smallest absolute Gasteiger partial charge is 0.307 e. The summed E-state index contributed by atoms with van der Waals surface area (Å²) in [4.78, 5) is 13.8. The second kappa shape index (κ2) is 6.97. The molecule has 0 spiro atoms. The molecule has 23 heavy (non-hydrogen) atoms. The first-order valence-electron chi connectivity index (χ1n) is 8.24. The van der Waals surface area contributed by atoms with E-state index in [1.165, 1.54) is 16.7 Å². The van der Waals surface area contributed by atoms with E-state index >= 15 is 0 Å². The van der Waals surface area contributed by atoms with Crippen LogP contribution in [0.25, 0.3) is 0 Å². The number of benzene rings is 2. The quantitative estimate of drug-likeness (QED) is 0.931. The maximum atomic E-state index is 11.4. The van der Waals surface area contributed by atoms with Crippen molar-refractivity contribution in [3.63, 3.8) is 0 Å². The summed E-state index contributed by atoms with van der Waals surface area (Å²) in [6.07, 6.45) is 1.72. The molecule has 0 amide bonds. The number of aliphatic carboxylic acids is 1. The average Bonchev–Trinajstić information content (AvgIpc) is 2.58. The standard InChI is InChI=1S/C20H23NO2/c1-15-8-5-6-12-18(15)19(16-9-3-2-4-10-16)21-13-7-11-17(14-21)20(22)23/h2-6,8-10,12,17,19H,7,11,13-14H2,1H3,(H,22,23). The maximum absolute atomic E-state index is 11.4. The van der Waals surface area contributed by atoms with Crippen molar-refractivity contribution in [2.75, 3.05) is 13.1 Å². The topological polar surface area (TPSA) is 40.5 Å². The Morgan fingerprint density at radius 3 is 2.52 bits per heavy atom. The fraction of sp³-hybridized carbons (Fsp3) is 0.350. The third-order valence-electron chi connectivity index (χ3n) is 4.77. The van der Waals surface area contributed by atoms with Gasteiger partial charge in [-0.3, -0.25) is 9.69 Å². The lowest BCUT2D eigenvalue weighted by Crippen LogP contribution is -2.41. The first-order chi connectivity index (χ1) is 11.2. The Morgan fingerprint density at radius 2 is 1.83 bits per heavy atom. The molecule has 120 valence electrons. The van der Waals surface area contributed by atoms with E-state index in [2.05, 4.69) is 60.4 Å². The minimum atomic E-state index is -0.675. The molecule has 1 aliphatic heterocycles. The normalized spacial score (nSPS) is 20.1. The van der Waals surface area contributed by atoms with E-state index in [4.69, 9.17) is 0 Å². The van der Waals surface area contributed by atoms with Gasteiger partial charge in [-0.25, -0.2) is 0 Å². The molecule has 1 heterocycles. The van der Waals surface area contributed by atoms with Gasteiger partial charge in [-0.05, 0) is 43.0 Å². The number of carbonyl (C=O) groups is 1. The maximum Gasteiger partial charge on any atom is 0.307 e. The molecule has 2 aromatic rings. The molecule has 1 fully saturated rings. The predicted octanol–water partition coefficient (Wildman–Crippen LogP) is 3.88. The van der Waals surface area contributed by atoms with E-state index in [9.17, 15) is 9.90 Å². The highest BCUT2D eigenvalue weighted by Gasteiger charge is 2.31. The molecule has 0 saturated carbocycles. The Morgan fingerprint density at radius 1 is 1.13 bits per heavy atom. The zero-order chi connectivity index (χ0) is 16.2. The molecule has 1 N–H and O–H groups in total. The van der Waals surface area contributed by atoms with E-state index in [0.717, 1.165) is 19.4 Å². The van der Waals surface area contributed by atoms with Crippen LogP contribution in [0.1, 0.15) is 35.6 Å². The molecule has 3 nitrogen and oxygen atoms in total. The molecule has 3 rings (SSSR count). The third kappa shape index (κ3) is 3.45. The van der Waals surface area contributed by atoms with Gasteiger partial charge in [-0.2, -0.15) is 0 Å². The van der Waals surface area contributed by atoms with Gasteiger partial charge in [0.1, 0.15) is 0 Å². The number of aryl methyl sites for hydroxylation is 1. The lowest BCUT2D eigenvalue weighted by atomic mass is 9.89. The summed E-state index contributed by atoms with van der Waals surface area (Å²) in [7, 11) is 0. The van der Waals surface area contributed by atoms with Crippen LogP contribution in [-0.4, -0.2) is 29.1 Å². The van der Waals surface area contributed by atoms with E-state index in [1.54, 1.807) is 0 Å². The number of carboxylic acid groups (broad SMARTS) is 1. The second-order valence-electron chi connectivity index (χ2n) is 6.34. The molecule has 1 aliphatic rings. The van der Waals surface area contributed by atoms with Crippen LogP contribution in [0.2, 0.25) is 0 Å². The second-order valence-corrected chi connectivity index (χ2v) is 6.34. The first-order valence-corrected chi connectivity index (χ1v) is 8.24. The number of hydrogen-bond donors (Lipinski definition) is 1. The number of rotatable bonds is 4. The largest absolute Gasteiger partial charge is 0.481 e. The zero-order valence-corrected chi connectivity index (χ0v) is 13.5. The minimum absolute atomic E-state index is 0.125. The molecule has 1 saturated heterocycles. The van der Waals surface area contributed by atoms with Gasteiger partial charge in [0.05, 0.1) is 12.0 Å². The molecule has 2 atom stereocenters. The van der Waals surface area contributed by atoms with Crippen LogP contribution < -0.4 is 0 Å². The molecular weight excluding hydrogens is 286 g/mol. The highest BCUT2D eigenvalue weighted by molar-refractivity contribution is 5.70. The fourth-order valence-corrected chi connectivity index (χ4v) is 3.56. The van der Waals surface area contributed by atoms with Gasteiger partial charge < -0.3 is 5.11 Å². The van der Waals surface area contributed by atoms with Gasteiger partial charge in [0.2, 0.25) is 0 Å². The highest BCUT2D eigenvalue weighted by atomic mass is 16.4. The Bertz CT molecular complexity index is 668. The van der Waals surface area contributed by atoms with Crippen molar-refractivity contribution in [2.45, 2.75) is 25.8 Å². The third-order valence-corrected chi connectivity index (χ3v) is 4.77. The van der Waals surface area contributed by atoms with Crippen molar-refractivity contribution in [3.05, 3.63) is 71.3 Å². The van der Waals surface area contributed by atoms with Crippen molar-refractivity contribution in [2.24, 2.45) is 5.92 Å². The molecule has 2 aromatic carbocycles. The number of carboxylic acids is 1. The summed E-state index contributed by atoms with van der Waals surface area (Å²) >= 11 is 0. The first kappa shape index (κ1) is 15.8. The van der Waals surface area contributed by atoms with Crippen LogP contribution in [0, 0.1) is 12.8 Å². The van der Waals surface area contributed by atoms with E-state index in [1.807, 2.05) is 6.07 Å². The van der Waals surface area contributed by atoms with Crippen LogP contribution in [-0.2, 0) is 4.79 Å². The van der Waals surface area contributed by atoms with Crippen molar-refractivity contribution in [3.8, 4) is 0 Å². The Balaban J connectivity index is 1.99. The SMILES string of the molecule is Cc1ccccc1C(c1ccccc1)N1CCCC(C(=O)O)C1. The van der Waals surface area contributed by atoms with Gasteiger partial charge in [0.15, 0.2) is 0 Å². The minimum Gasteiger partial charge on any atom is -0.481 e. The van der Waals surface area contributed by atoms with Crippen molar-refractivity contribution in [1.82, 2.24) is 4.90 Å². The molecule has 0 radical (unpaired) electrons. The summed E-state index contributed by atoms with van der Waals surface area (Å²) in [5, 5.41) is 9.41.